The SMILES string of the molecule is O=C(NCCc1ccc(Cl)cc1)c1ccc(N2CCOCC2)nn1. The summed E-state index contributed by atoms with van der Waals surface area (Å²) in [6, 6.07) is 11.1. The number of nitrogens with zero attached hydrogens (tertiary/aromatic N) is 3. The standard InChI is InChI=1S/C17H19ClN4O2/c18-14-3-1-13(2-4-14)7-8-19-17(23)15-5-6-16(21-20-15)22-9-11-24-12-10-22/h1-6H,7-12H2,(H,19,23). The molecule has 1 fully saturated rings. The maximum Gasteiger partial charge on any atom is 0.271 e. The van der Waals surface area contributed by atoms with Gasteiger partial charge in [-0.3, -0.25) is 4.79 Å². The molecule has 1 aromatic carbocycles. The molecule has 1 aliphatic rings. The molecule has 1 N–H and O–H groups in total. The first-order valence-corrected chi connectivity index (χ1v) is 8.29. The van der Waals surface area contributed by atoms with Gasteiger partial charge < -0.3 is 15.0 Å². The zero-order chi connectivity index (χ0) is 16.8. The number of carbonyl (C=O) groups is 1. The normalized spacial score (nSPS) is 14.5. The van der Waals surface area contributed by atoms with E-state index in [1.165, 1.54) is 0 Å². The van der Waals surface area contributed by atoms with Crippen molar-refractivity contribution in [2.24, 2.45) is 0 Å². The zero-order valence-electron chi connectivity index (χ0n) is 13.2. The average Bonchev–Trinajstić information content (AvgIpc) is 2.64. The highest BCUT2D eigenvalue weighted by Crippen LogP contribution is 2.12. The third-order valence-corrected chi connectivity index (χ3v) is 4.08. The predicted octanol–water partition coefficient (Wildman–Crippen LogP) is 1.94. The molecule has 3 rings (SSSR count). The van der Waals surface area contributed by atoms with Crippen LogP contribution in [0.4, 0.5) is 5.82 Å². The molecule has 2 aromatic rings. The van der Waals surface area contributed by atoms with E-state index >= 15 is 0 Å². The van der Waals surface area contributed by atoms with Crippen LogP contribution in [-0.2, 0) is 11.2 Å². The van der Waals surface area contributed by atoms with Crippen LogP contribution in [0.2, 0.25) is 5.02 Å². The van der Waals surface area contributed by atoms with Crippen molar-refractivity contribution in [3.05, 3.63) is 52.7 Å². The topological polar surface area (TPSA) is 67.4 Å². The predicted molar refractivity (Wildman–Crippen MR) is 92.6 cm³/mol. The summed E-state index contributed by atoms with van der Waals surface area (Å²) in [7, 11) is 0. The monoisotopic (exact) mass is 346 g/mol. The first-order valence-electron chi connectivity index (χ1n) is 7.91. The smallest absolute Gasteiger partial charge is 0.271 e. The molecule has 0 atom stereocenters. The molecular weight excluding hydrogens is 328 g/mol. The van der Waals surface area contributed by atoms with Crippen LogP contribution in [0.1, 0.15) is 16.1 Å². The Kier molecular flexibility index (Phi) is 5.61. The van der Waals surface area contributed by atoms with Gasteiger partial charge in [-0.2, -0.15) is 0 Å². The quantitative estimate of drug-likeness (QED) is 0.896. The Bertz CT molecular complexity index is 670. The number of carbonyl (C=O) groups excluding carboxylic acids is 1. The van der Waals surface area contributed by atoms with Crippen LogP contribution < -0.4 is 10.2 Å². The number of halogens is 1. The maximum atomic E-state index is 12.1. The lowest BCUT2D eigenvalue weighted by molar-refractivity contribution is 0.0948. The minimum atomic E-state index is -0.218. The van der Waals surface area contributed by atoms with E-state index in [2.05, 4.69) is 20.4 Å². The van der Waals surface area contributed by atoms with Gasteiger partial charge in [0.1, 0.15) is 0 Å². The average molecular weight is 347 g/mol. The van der Waals surface area contributed by atoms with E-state index in [4.69, 9.17) is 16.3 Å². The summed E-state index contributed by atoms with van der Waals surface area (Å²) in [5.74, 6) is 0.556. The molecule has 2 heterocycles. The summed E-state index contributed by atoms with van der Waals surface area (Å²) < 4.78 is 5.31. The number of nitrogens with one attached hydrogen (secondary N) is 1. The van der Waals surface area contributed by atoms with E-state index in [-0.39, 0.29) is 5.91 Å². The van der Waals surface area contributed by atoms with Gasteiger partial charge in [-0.1, -0.05) is 23.7 Å². The lowest BCUT2D eigenvalue weighted by Gasteiger charge is -2.27. The van der Waals surface area contributed by atoms with Crippen LogP contribution in [-0.4, -0.2) is 49.0 Å². The van der Waals surface area contributed by atoms with Gasteiger partial charge in [0.2, 0.25) is 0 Å². The van der Waals surface area contributed by atoms with Crippen LogP contribution in [0.25, 0.3) is 0 Å². The number of hydrogen-bond donors (Lipinski definition) is 1. The lowest BCUT2D eigenvalue weighted by atomic mass is 10.1. The van der Waals surface area contributed by atoms with E-state index in [9.17, 15) is 4.79 Å². The Morgan fingerprint density at radius 3 is 2.54 bits per heavy atom. The van der Waals surface area contributed by atoms with E-state index < -0.39 is 0 Å². The molecule has 0 unspecified atom stereocenters. The van der Waals surface area contributed by atoms with Gasteiger partial charge in [-0.15, -0.1) is 10.2 Å². The summed E-state index contributed by atoms with van der Waals surface area (Å²) >= 11 is 5.85. The van der Waals surface area contributed by atoms with Crippen molar-refractivity contribution in [1.29, 1.82) is 0 Å². The van der Waals surface area contributed by atoms with Crippen LogP contribution in [0.3, 0.4) is 0 Å². The molecule has 0 radical (unpaired) electrons. The second kappa shape index (κ2) is 8.08. The first kappa shape index (κ1) is 16.7. The van der Waals surface area contributed by atoms with Gasteiger partial charge in [-0.05, 0) is 36.2 Å². The van der Waals surface area contributed by atoms with Crippen molar-refractivity contribution in [3.63, 3.8) is 0 Å². The zero-order valence-corrected chi connectivity index (χ0v) is 14.0. The minimum absolute atomic E-state index is 0.218. The Morgan fingerprint density at radius 2 is 1.88 bits per heavy atom. The molecule has 1 amide bonds. The fourth-order valence-electron chi connectivity index (χ4n) is 2.47. The summed E-state index contributed by atoms with van der Waals surface area (Å²) in [4.78, 5) is 14.2. The number of aromatic nitrogens is 2. The molecule has 126 valence electrons. The molecule has 0 bridgehead atoms. The molecule has 24 heavy (non-hydrogen) atoms. The minimum Gasteiger partial charge on any atom is -0.378 e. The van der Waals surface area contributed by atoms with Gasteiger partial charge >= 0.3 is 0 Å². The molecular formula is C17H19ClN4O2. The van der Waals surface area contributed by atoms with Crippen molar-refractivity contribution in [2.45, 2.75) is 6.42 Å². The first-order chi connectivity index (χ1) is 11.7. The largest absolute Gasteiger partial charge is 0.378 e. The Balaban J connectivity index is 1.50. The fourth-order valence-corrected chi connectivity index (χ4v) is 2.60. The molecule has 1 aliphatic heterocycles. The van der Waals surface area contributed by atoms with Crippen LogP contribution in [0.15, 0.2) is 36.4 Å². The van der Waals surface area contributed by atoms with Crippen LogP contribution in [0.5, 0.6) is 0 Å². The van der Waals surface area contributed by atoms with Crippen LogP contribution >= 0.6 is 11.6 Å². The summed E-state index contributed by atoms with van der Waals surface area (Å²) in [6.45, 7) is 3.50. The number of amides is 1. The Morgan fingerprint density at radius 1 is 1.12 bits per heavy atom. The number of hydrogen-bond acceptors (Lipinski definition) is 5. The fraction of sp³-hybridized carbons (Fsp3) is 0.353. The van der Waals surface area contributed by atoms with Crippen molar-refractivity contribution < 1.29 is 9.53 Å². The van der Waals surface area contributed by atoms with E-state index in [1.807, 2.05) is 30.3 Å². The Labute approximate surface area is 145 Å². The number of rotatable bonds is 5. The number of benzene rings is 1. The van der Waals surface area contributed by atoms with E-state index in [1.54, 1.807) is 6.07 Å². The van der Waals surface area contributed by atoms with Crippen LogP contribution in [0, 0.1) is 0 Å². The van der Waals surface area contributed by atoms with Gasteiger partial charge in [0.25, 0.3) is 5.91 Å². The van der Waals surface area contributed by atoms with Crippen molar-refractivity contribution >= 4 is 23.3 Å². The van der Waals surface area contributed by atoms with Crippen molar-refractivity contribution in [1.82, 2.24) is 15.5 Å². The molecule has 7 heteroatoms. The number of anilines is 1. The summed E-state index contributed by atoms with van der Waals surface area (Å²) in [5, 5.41) is 11.7. The van der Waals surface area contributed by atoms with Gasteiger partial charge in [-0.25, -0.2) is 0 Å². The molecule has 6 nitrogen and oxygen atoms in total. The second-order valence-corrected chi connectivity index (χ2v) is 5.94. The molecule has 1 saturated heterocycles. The Hall–Kier alpha value is -2.18. The number of ether oxygens (including phenoxy) is 1. The summed E-state index contributed by atoms with van der Waals surface area (Å²) in [6.07, 6.45) is 0.738. The van der Waals surface area contributed by atoms with Crippen molar-refractivity contribution in [2.75, 3.05) is 37.7 Å². The third-order valence-electron chi connectivity index (χ3n) is 3.83. The highest BCUT2D eigenvalue weighted by molar-refractivity contribution is 6.30. The summed E-state index contributed by atoms with van der Waals surface area (Å²) in [5.41, 5.74) is 1.44. The molecule has 0 aliphatic carbocycles. The van der Waals surface area contributed by atoms with Gasteiger partial charge in [0, 0.05) is 24.7 Å². The molecule has 0 saturated carbocycles. The molecule has 0 spiro atoms. The van der Waals surface area contributed by atoms with Crippen molar-refractivity contribution in [3.8, 4) is 0 Å². The second-order valence-electron chi connectivity index (χ2n) is 5.51. The van der Waals surface area contributed by atoms with Gasteiger partial charge in [0.15, 0.2) is 11.5 Å². The number of morpholine rings is 1. The lowest BCUT2D eigenvalue weighted by Crippen LogP contribution is -2.37. The van der Waals surface area contributed by atoms with E-state index in [0.29, 0.717) is 30.5 Å². The van der Waals surface area contributed by atoms with Gasteiger partial charge in [0.05, 0.1) is 13.2 Å². The maximum absolute atomic E-state index is 12.1. The third kappa shape index (κ3) is 4.43. The molecule has 1 aromatic heterocycles. The van der Waals surface area contributed by atoms with E-state index in [0.717, 1.165) is 30.9 Å². The highest BCUT2D eigenvalue weighted by Gasteiger charge is 2.14. The highest BCUT2D eigenvalue weighted by atomic mass is 35.5.